The van der Waals surface area contributed by atoms with E-state index in [1.54, 1.807) is 0 Å². The van der Waals surface area contributed by atoms with Gasteiger partial charge in [-0.2, -0.15) is 0 Å². The van der Waals surface area contributed by atoms with Gasteiger partial charge in [0.1, 0.15) is 0 Å². The molecular weight excluding hydrogens is 278 g/mol. The molecule has 0 radical (unpaired) electrons. The molecule has 0 aliphatic rings. The Morgan fingerprint density at radius 3 is 2.29 bits per heavy atom. The fourth-order valence-electron chi connectivity index (χ4n) is 2.45. The molecule has 2 aromatic rings. The molecule has 2 rings (SSSR count). The Kier molecular flexibility index (Phi) is 5.44. The molecule has 1 nitrogen and oxygen atoms in total. The van der Waals surface area contributed by atoms with Gasteiger partial charge in [0.25, 0.3) is 0 Å². The van der Waals surface area contributed by atoms with E-state index in [2.05, 4.69) is 69.4 Å². The predicted molar refractivity (Wildman–Crippen MR) is 93.1 cm³/mol. The number of nitrogens with one attached hydrogen (secondary N) is 1. The molecule has 0 saturated heterocycles. The monoisotopic (exact) mass is 301 g/mol. The van der Waals surface area contributed by atoms with Crippen LogP contribution in [-0.4, -0.2) is 6.54 Å². The van der Waals surface area contributed by atoms with E-state index in [4.69, 9.17) is 11.6 Å². The van der Waals surface area contributed by atoms with Gasteiger partial charge in [-0.15, -0.1) is 0 Å². The van der Waals surface area contributed by atoms with Crippen LogP contribution in [0.2, 0.25) is 5.02 Å². The SMILES string of the molecule is CCCNC(C)c1ccc(-c2ccc(C)c(C)c2)cc1Cl. The number of halogens is 1. The van der Waals surface area contributed by atoms with Crippen molar-refractivity contribution in [3.05, 3.63) is 58.1 Å². The molecule has 0 spiro atoms. The molecule has 0 heterocycles. The van der Waals surface area contributed by atoms with Crippen LogP contribution in [0, 0.1) is 13.8 Å². The lowest BCUT2D eigenvalue weighted by Crippen LogP contribution is -2.19. The van der Waals surface area contributed by atoms with E-state index >= 15 is 0 Å². The Balaban J connectivity index is 2.27. The largest absolute Gasteiger partial charge is 0.310 e. The molecule has 0 bridgehead atoms. The highest BCUT2D eigenvalue weighted by atomic mass is 35.5. The van der Waals surface area contributed by atoms with Gasteiger partial charge in [0, 0.05) is 11.1 Å². The van der Waals surface area contributed by atoms with Gasteiger partial charge in [0.05, 0.1) is 0 Å². The van der Waals surface area contributed by atoms with Gasteiger partial charge >= 0.3 is 0 Å². The van der Waals surface area contributed by atoms with Crippen LogP contribution in [0.25, 0.3) is 11.1 Å². The summed E-state index contributed by atoms with van der Waals surface area (Å²) in [5.74, 6) is 0. The molecule has 0 amide bonds. The summed E-state index contributed by atoms with van der Waals surface area (Å²) in [6, 6.07) is 13.2. The third kappa shape index (κ3) is 3.87. The second-order valence-electron chi connectivity index (χ2n) is 5.71. The minimum absolute atomic E-state index is 0.284. The molecule has 21 heavy (non-hydrogen) atoms. The average molecular weight is 302 g/mol. The summed E-state index contributed by atoms with van der Waals surface area (Å²) >= 11 is 6.48. The lowest BCUT2D eigenvalue weighted by atomic mass is 9.98. The van der Waals surface area contributed by atoms with Crippen LogP contribution in [-0.2, 0) is 0 Å². The maximum Gasteiger partial charge on any atom is 0.0459 e. The maximum absolute atomic E-state index is 6.48. The van der Waals surface area contributed by atoms with Crippen LogP contribution in [0.15, 0.2) is 36.4 Å². The number of aryl methyl sites for hydroxylation is 2. The van der Waals surface area contributed by atoms with Crippen molar-refractivity contribution in [1.29, 1.82) is 0 Å². The summed E-state index contributed by atoms with van der Waals surface area (Å²) in [5, 5.41) is 4.32. The summed E-state index contributed by atoms with van der Waals surface area (Å²) in [6.45, 7) is 9.62. The quantitative estimate of drug-likeness (QED) is 0.748. The van der Waals surface area contributed by atoms with Crippen molar-refractivity contribution in [2.75, 3.05) is 6.54 Å². The Bertz CT molecular complexity index is 619. The van der Waals surface area contributed by atoms with Crippen LogP contribution in [0.4, 0.5) is 0 Å². The molecule has 2 aromatic carbocycles. The first kappa shape index (κ1) is 16.1. The molecule has 0 fully saturated rings. The first-order valence-corrected chi connectivity index (χ1v) is 8.01. The molecule has 0 aromatic heterocycles. The lowest BCUT2D eigenvalue weighted by Gasteiger charge is -2.16. The zero-order valence-corrected chi connectivity index (χ0v) is 14.1. The second-order valence-corrected chi connectivity index (χ2v) is 6.12. The van der Waals surface area contributed by atoms with E-state index in [9.17, 15) is 0 Å². The van der Waals surface area contributed by atoms with Gasteiger partial charge in [0.15, 0.2) is 0 Å². The molecule has 0 aliphatic carbocycles. The summed E-state index contributed by atoms with van der Waals surface area (Å²) < 4.78 is 0. The predicted octanol–water partition coefficient (Wildman–Crippen LogP) is 5.68. The van der Waals surface area contributed by atoms with Crippen molar-refractivity contribution < 1.29 is 0 Å². The Morgan fingerprint density at radius 2 is 1.67 bits per heavy atom. The number of rotatable bonds is 5. The zero-order chi connectivity index (χ0) is 15.4. The first-order valence-electron chi connectivity index (χ1n) is 7.63. The van der Waals surface area contributed by atoms with Crippen LogP contribution in [0.5, 0.6) is 0 Å². The molecule has 0 aliphatic heterocycles. The van der Waals surface area contributed by atoms with Gasteiger partial charge < -0.3 is 5.32 Å². The summed E-state index contributed by atoms with van der Waals surface area (Å²) in [4.78, 5) is 0. The van der Waals surface area contributed by atoms with Crippen LogP contribution in [0.3, 0.4) is 0 Å². The molecule has 1 atom stereocenters. The standard InChI is InChI=1S/C19H24ClN/c1-5-10-21-15(4)18-9-8-17(12-19(18)20)16-7-6-13(2)14(3)11-16/h6-9,11-12,15,21H,5,10H2,1-4H3. The topological polar surface area (TPSA) is 12.0 Å². The highest BCUT2D eigenvalue weighted by molar-refractivity contribution is 6.31. The van der Waals surface area contributed by atoms with E-state index in [1.807, 2.05) is 0 Å². The van der Waals surface area contributed by atoms with Gasteiger partial charge in [-0.3, -0.25) is 0 Å². The van der Waals surface area contributed by atoms with E-state index in [0.29, 0.717) is 0 Å². The fraction of sp³-hybridized carbons (Fsp3) is 0.368. The summed E-state index contributed by atoms with van der Waals surface area (Å²) in [5.41, 5.74) is 6.19. The fourth-order valence-corrected chi connectivity index (χ4v) is 2.79. The highest BCUT2D eigenvalue weighted by Gasteiger charge is 2.10. The highest BCUT2D eigenvalue weighted by Crippen LogP contribution is 2.30. The Morgan fingerprint density at radius 1 is 1.00 bits per heavy atom. The first-order chi connectivity index (χ1) is 10.0. The van der Waals surface area contributed by atoms with E-state index in [-0.39, 0.29) is 6.04 Å². The van der Waals surface area contributed by atoms with Crippen LogP contribution >= 0.6 is 11.6 Å². The summed E-state index contributed by atoms with van der Waals surface area (Å²) in [6.07, 6.45) is 1.13. The molecular formula is C19H24ClN. The van der Waals surface area contributed by atoms with Crippen LogP contribution < -0.4 is 5.32 Å². The number of hydrogen-bond acceptors (Lipinski definition) is 1. The van der Waals surface area contributed by atoms with Gasteiger partial charge in [-0.25, -0.2) is 0 Å². The zero-order valence-electron chi connectivity index (χ0n) is 13.3. The van der Waals surface area contributed by atoms with E-state index in [1.165, 1.54) is 22.3 Å². The van der Waals surface area contributed by atoms with Crippen molar-refractivity contribution in [2.45, 2.75) is 40.2 Å². The molecule has 1 N–H and O–H groups in total. The number of hydrogen-bond donors (Lipinski definition) is 1. The molecule has 112 valence electrons. The van der Waals surface area contributed by atoms with Crippen molar-refractivity contribution >= 4 is 11.6 Å². The Labute approximate surface area is 133 Å². The Hall–Kier alpha value is -1.31. The van der Waals surface area contributed by atoms with Crippen LogP contribution in [0.1, 0.15) is 43.0 Å². The lowest BCUT2D eigenvalue weighted by molar-refractivity contribution is 0.571. The van der Waals surface area contributed by atoms with E-state index in [0.717, 1.165) is 23.6 Å². The smallest absolute Gasteiger partial charge is 0.0459 e. The van der Waals surface area contributed by atoms with E-state index < -0.39 is 0 Å². The maximum atomic E-state index is 6.48. The molecule has 1 unspecified atom stereocenters. The third-order valence-electron chi connectivity index (χ3n) is 4.01. The average Bonchev–Trinajstić information content (AvgIpc) is 2.47. The van der Waals surface area contributed by atoms with Crippen molar-refractivity contribution in [3.8, 4) is 11.1 Å². The third-order valence-corrected chi connectivity index (χ3v) is 4.34. The molecule has 2 heteroatoms. The minimum atomic E-state index is 0.284. The second kappa shape index (κ2) is 7.11. The van der Waals surface area contributed by atoms with Crippen molar-refractivity contribution in [3.63, 3.8) is 0 Å². The van der Waals surface area contributed by atoms with Crippen molar-refractivity contribution in [1.82, 2.24) is 5.32 Å². The number of benzene rings is 2. The van der Waals surface area contributed by atoms with Gasteiger partial charge in [-0.1, -0.05) is 48.9 Å². The molecule has 0 saturated carbocycles. The summed E-state index contributed by atoms with van der Waals surface area (Å²) in [7, 11) is 0. The van der Waals surface area contributed by atoms with Gasteiger partial charge in [-0.05, 0) is 67.6 Å². The normalized spacial score (nSPS) is 12.4. The van der Waals surface area contributed by atoms with Gasteiger partial charge in [0.2, 0.25) is 0 Å². The van der Waals surface area contributed by atoms with Crippen molar-refractivity contribution in [2.24, 2.45) is 0 Å². The minimum Gasteiger partial charge on any atom is -0.310 e.